The third-order valence-corrected chi connectivity index (χ3v) is 6.39. The number of halogens is 2. The zero-order chi connectivity index (χ0) is 18.1. The zero-order valence-corrected chi connectivity index (χ0v) is 15.1. The molecule has 25 heavy (non-hydrogen) atoms. The molecule has 0 unspecified atom stereocenters. The summed E-state index contributed by atoms with van der Waals surface area (Å²) in [5.74, 6) is -1.36. The van der Waals surface area contributed by atoms with E-state index in [2.05, 4.69) is 9.62 Å². The predicted octanol–water partition coefficient (Wildman–Crippen LogP) is 1.89. The van der Waals surface area contributed by atoms with Gasteiger partial charge in [0.1, 0.15) is 0 Å². The van der Waals surface area contributed by atoms with E-state index in [4.69, 9.17) is 4.74 Å². The molecule has 8 heteroatoms. The standard InChI is InChI=1S/C17H24F2N2O3S/c1-2-25(22,23)20-8-14-5-6-17(24-10-14)11-21(12-17)9-13-3-4-15(18)16(19)7-13/h3-4,7,14,20H,2,5-6,8-12H2,1H3/t14-/m1/s1. The van der Waals surface area contributed by atoms with E-state index >= 15 is 0 Å². The quantitative estimate of drug-likeness (QED) is 0.826. The van der Waals surface area contributed by atoms with Crippen molar-refractivity contribution < 1.29 is 21.9 Å². The summed E-state index contributed by atoms with van der Waals surface area (Å²) in [4.78, 5) is 2.15. The Balaban J connectivity index is 1.43. The Bertz CT molecular complexity index is 711. The first kappa shape index (κ1) is 18.7. The minimum atomic E-state index is -3.16. The van der Waals surface area contributed by atoms with Gasteiger partial charge in [-0.2, -0.15) is 0 Å². The molecule has 140 valence electrons. The number of hydrogen-bond donors (Lipinski definition) is 1. The highest BCUT2D eigenvalue weighted by Crippen LogP contribution is 2.36. The van der Waals surface area contributed by atoms with Gasteiger partial charge >= 0.3 is 0 Å². The van der Waals surface area contributed by atoms with E-state index in [-0.39, 0.29) is 17.3 Å². The van der Waals surface area contributed by atoms with Crippen LogP contribution in [0, 0.1) is 17.6 Å². The fraction of sp³-hybridized carbons (Fsp3) is 0.647. The minimum absolute atomic E-state index is 0.0868. The molecule has 0 aliphatic carbocycles. The number of nitrogens with zero attached hydrogens (tertiary/aromatic N) is 1. The van der Waals surface area contributed by atoms with Crippen molar-refractivity contribution in [1.82, 2.24) is 9.62 Å². The van der Waals surface area contributed by atoms with E-state index in [1.165, 1.54) is 6.07 Å². The van der Waals surface area contributed by atoms with Crippen molar-refractivity contribution >= 4 is 10.0 Å². The normalized spacial score (nSPS) is 23.6. The van der Waals surface area contributed by atoms with Crippen LogP contribution in [-0.2, 0) is 21.3 Å². The van der Waals surface area contributed by atoms with E-state index in [9.17, 15) is 17.2 Å². The fourth-order valence-electron chi connectivity index (χ4n) is 3.45. The first-order chi connectivity index (χ1) is 11.8. The van der Waals surface area contributed by atoms with Crippen molar-refractivity contribution in [1.29, 1.82) is 0 Å². The molecule has 0 saturated carbocycles. The van der Waals surface area contributed by atoms with Crippen LogP contribution in [-0.4, -0.2) is 50.9 Å². The van der Waals surface area contributed by atoms with E-state index in [1.54, 1.807) is 13.0 Å². The molecule has 1 N–H and O–H groups in total. The maximum absolute atomic E-state index is 13.3. The SMILES string of the molecule is CCS(=O)(=O)NC[C@H]1CCC2(CN(Cc3ccc(F)c(F)c3)C2)OC1. The third-order valence-electron chi connectivity index (χ3n) is 5.02. The van der Waals surface area contributed by atoms with Crippen LogP contribution in [0.4, 0.5) is 8.78 Å². The molecule has 2 fully saturated rings. The first-order valence-corrected chi connectivity index (χ1v) is 10.2. The lowest BCUT2D eigenvalue weighted by Gasteiger charge is -2.53. The highest BCUT2D eigenvalue weighted by molar-refractivity contribution is 7.89. The topological polar surface area (TPSA) is 58.6 Å². The monoisotopic (exact) mass is 374 g/mol. The summed E-state index contributed by atoms with van der Waals surface area (Å²) in [6.45, 7) is 4.68. The van der Waals surface area contributed by atoms with Gasteiger partial charge in [-0.25, -0.2) is 21.9 Å². The number of benzene rings is 1. The Morgan fingerprint density at radius 3 is 2.68 bits per heavy atom. The summed E-state index contributed by atoms with van der Waals surface area (Å²) in [7, 11) is -3.16. The van der Waals surface area contributed by atoms with Crippen molar-refractivity contribution in [3.8, 4) is 0 Å². The Morgan fingerprint density at radius 1 is 1.32 bits per heavy atom. The molecule has 2 aliphatic heterocycles. The molecular weight excluding hydrogens is 350 g/mol. The number of ether oxygens (including phenoxy) is 1. The summed E-state index contributed by atoms with van der Waals surface area (Å²) < 4.78 is 57.8. The number of rotatable bonds is 6. The van der Waals surface area contributed by atoms with Crippen molar-refractivity contribution in [3.63, 3.8) is 0 Å². The van der Waals surface area contributed by atoms with Gasteiger partial charge in [-0.3, -0.25) is 4.90 Å². The number of nitrogens with one attached hydrogen (secondary N) is 1. The average Bonchev–Trinajstić information content (AvgIpc) is 2.56. The van der Waals surface area contributed by atoms with Gasteiger partial charge in [0, 0.05) is 26.2 Å². The van der Waals surface area contributed by atoms with Gasteiger partial charge in [-0.15, -0.1) is 0 Å². The molecule has 2 saturated heterocycles. The van der Waals surface area contributed by atoms with Crippen LogP contribution >= 0.6 is 0 Å². The van der Waals surface area contributed by atoms with Gasteiger partial charge in [0.2, 0.25) is 10.0 Å². The van der Waals surface area contributed by atoms with Crippen LogP contribution in [0.15, 0.2) is 18.2 Å². The van der Waals surface area contributed by atoms with Crippen LogP contribution in [0.3, 0.4) is 0 Å². The lowest BCUT2D eigenvalue weighted by atomic mass is 9.83. The smallest absolute Gasteiger partial charge is 0.211 e. The highest BCUT2D eigenvalue weighted by Gasteiger charge is 2.46. The largest absolute Gasteiger partial charge is 0.372 e. The zero-order valence-electron chi connectivity index (χ0n) is 14.3. The Labute approximate surface area is 147 Å². The maximum Gasteiger partial charge on any atom is 0.211 e. The van der Waals surface area contributed by atoms with Crippen molar-refractivity contribution in [2.75, 3.05) is 32.0 Å². The number of likely N-dealkylation sites (tertiary alicyclic amines) is 1. The van der Waals surface area contributed by atoms with E-state index in [0.29, 0.717) is 19.7 Å². The van der Waals surface area contributed by atoms with Crippen LogP contribution in [0.1, 0.15) is 25.3 Å². The van der Waals surface area contributed by atoms with Crippen molar-refractivity contribution in [2.45, 2.75) is 31.9 Å². The molecule has 0 aromatic heterocycles. The second-order valence-electron chi connectivity index (χ2n) is 7.04. The lowest BCUT2D eigenvalue weighted by Crippen LogP contribution is -2.64. The summed E-state index contributed by atoms with van der Waals surface area (Å²) >= 11 is 0. The Morgan fingerprint density at radius 2 is 2.08 bits per heavy atom. The Hall–Kier alpha value is -1.09. The molecule has 2 aliphatic rings. The van der Waals surface area contributed by atoms with Crippen LogP contribution < -0.4 is 4.72 Å². The van der Waals surface area contributed by atoms with Crippen LogP contribution in [0.5, 0.6) is 0 Å². The van der Waals surface area contributed by atoms with E-state index < -0.39 is 21.7 Å². The molecule has 1 spiro atoms. The van der Waals surface area contributed by atoms with Gasteiger partial charge in [-0.05, 0) is 43.4 Å². The van der Waals surface area contributed by atoms with Crippen LogP contribution in [0.25, 0.3) is 0 Å². The molecule has 1 aromatic carbocycles. The maximum atomic E-state index is 13.3. The highest BCUT2D eigenvalue weighted by atomic mass is 32.2. The van der Waals surface area contributed by atoms with Gasteiger partial charge in [0.25, 0.3) is 0 Å². The molecule has 2 heterocycles. The van der Waals surface area contributed by atoms with Gasteiger partial charge in [0.15, 0.2) is 11.6 Å². The molecule has 0 amide bonds. The molecule has 1 aromatic rings. The second-order valence-corrected chi connectivity index (χ2v) is 9.14. The van der Waals surface area contributed by atoms with E-state index in [1.807, 2.05) is 0 Å². The van der Waals surface area contributed by atoms with Gasteiger partial charge < -0.3 is 4.74 Å². The molecule has 0 bridgehead atoms. The summed E-state index contributed by atoms with van der Waals surface area (Å²) in [5.41, 5.74) is 0.579. The molecule has 3 rings (SSSR count). The van der Waals surface area contributed by atoms with Crippen molar-refractivity contribution in [3.05, 3.63) is 35.4 Å². The Kier molecular flexibility index (Phi) is 5.43. The average molecular weight is 374 g/mol. The van der Waals surface area contributed by atoms with Crippen LogP contribution in [0.2, 0.25) is 0 Å². The predicted molar refractivity (Wildman–Crippen MR) is 90.5 cm³/mol. The third kappa shape index (κ3) is 4.55. The summed E-state index contributed by atoms with van der Waals surface area (Å²) in [6.07, 6.45) is 1.81. The molecular formula is C17H24F2N2O3S. The minimum Gasteiger partial charge on any atom is -0.372 e. The molecule has 5 nitrogen and oxygen atoms in total. The van der Waals surface area contributed by atoms with Crippen molar-refractivity contribution in [2.24, 2.45) is 5.92 Å². The molecule has 1 atom stereocenters. The van der Waals surface area contributed by atoms with E-state index in [0.717, 1.165) is 37.6 Å². The lowest BCUT2D eigenvalue weighted by molar-refractivity contribution is -0.181. The number of sulfonamides is 1. The summed E-state index contributed by atoms with van der Waals surface area (Å²) in [5, 5.41) is 0. The summed E-state index contributed by atoms with van der Waals surface area (Å²) in [6, 6.07) is 3.98. The fourth-order valence-corrected chi connectivity index (χ4v) is 4.15. The second kappa shape index (κ2) is 7.26. The van der Waals surface area contributed by atoms with Gasteiger partial charge in [0.05, 0.1) is 18.0 Å². The molecule has 0 radical (unpaired) electrons. The number of hydrogen-bond acceptors (Lipinski definition) is 4. The van der Waals surface area contributed by atoms with Gasteiger partial charge in [-0.1, -0.05) is 6.07 Å². The first-order valence-electron chi connectivity index (χ1n) is 8.58.